The summed E-state index contributed by atoms with van der Waals surface area (Å²) < 4.78 is 0. The molecule has 0 amide bonds. The lowest BCUT2D eigenvalue weighted by Gasteiger charge is -2.59. The summed E-state index contributed by atoms with van der Waals surface area (Å²) in [5, 5.41) is 11.1. The SMILES string of the molecule is CC(C)=CC[C@H]1C[C@@]2(CC=C(C)C)C(=O)/C(=C(\O)c3ccccc3)C(=O)[C@](C)(C2=O)C1(C)C. The van der Waals surface area contributed by atoms with E-state index in [9.17, 15) is 19.5 Å². The number of carbonyl (C=O) groups is 3. The summed E-state index contributed by atoms with van der Waals surface area (Å²) in [5.74, 6) is -1.76. The average molecular weight is 449 g/mol. The molecule has 1 aromatic carbocycles. The fourth-order valence-electron chi connectivity index (χ4n) is 5.49. The van der Waals surface area contributed by atoms with Crippen molar-refractivity contribution in [3.05, 3.63) is 64.8 Å². The summed E-state index contributed by atoms with van der Waals surface area (Å²) in [6.07, 6.45) is 5.34. The van der Waals surface area contributed by atoms with E-state index in [-0.39, 0.29) is 29.5 Å². The maximum Gasteiger partial charge on any atom is 0.184 e. The van der Waals surface area contributed by atoms with Crippen LogP contribution in [-0.4, -0.2) is 22.5 Å². The molecule has 4 nitrogen and oxygen atoms in total. The van der Waals surface area contributed by atoms with Gasteiger partial charge in [-0.15, -0.1) is 0 Å². The number of benzene rings is 1. The Labute approximate surface area is 197 Å². The van der Waals surface area contributed by atoms with Crippen molar-refractivity contribution in [2.75, 3.05) is 0 Å². The quantitative estimate of drug-likeness (QED) is 0.185. The van der Waals surface area contributed by atoms with E-state index in [1.807, 2.05) is 47.6 Å². The number of allylic oxidation sites excluding steroid dienone is 5. The Morgan fingerprint density at radius 3 is 2.06 bits per heavy atom. The molecule has 4 heteroatoms. The van der Waals surface area contributed by atoms with E-state index in [2.05, 4.69) is 6.08 Å². The Bertz CT molecular complexity index is 1080. The summed E-state index contributed by atoms with van der Waals surface area (Å²) in [4.78, 5) is 42.1. The van der Waals surface area contributed by atoms with Crippen molar-refractivity contribution in [1.82, 2.24) is 0 Å². The van der Waals surface area contributed by atoms with E-state index >= 15 is 0 Å². The first kappa shape index (κ1) is 24.9. The summed E-state index contributed by atoms with van der Waals surface area (Å²) >= 11 is 0. The largest absolute Gasteiger partial charge is 0.506 e. The number of rotatable bonds is 5. The first-order valence-electron chi connectivity index (χ1n) is 11.7. The number of aliphatic hydroxyl groups excluding tert-OH is 1. The number of ketones is 3. The fraction of sp³-hybridized carbons (Fsp3) is 0.483. The van der Waals surface area contributed by atoms with Crippen molar-refractivity contribution in [1.29, 1.82) is 0 Å². The van der Waals surface area contributed by atoms with Crippen molar-refractivity contribution in [3.63, 3.8) is 0 Å². The first-order valence-corrected chi connectivity index (χ1v) is 11.7. The normalized spacial score (nSPS) is 30.0. The molecular weight excluding hydrogens is 412 g/mol. The van der Waals surface area contributed by atoms with E-state index in [0.717, 1.165) is 11.1 Å². The molecule has 2 aliphatic carbocycles. The number of carbonyl (C=O) groups excluding carboxylic acids is 3. The van der Waals surface area contributed by atoms with Gasteiger partial charge in [-0.3, -0.25) is 14.4 Å². The van der Waals surface area contributed by atoms with Crippen LogP contribution in [0.1, 0.15) is 73.3 Å². The molecule has 0 spiro atoms. The van der Waals surface area contributed by atoms with Gasteiger partial charge in [0.15, 0.2) is 17.3 Å². The molecule has 2 bridgehead atoms. The zero-order valence-corrected chi connectivity index (χ0v) is 20.9. The minimum Gasteiger partial charge on any atom is -0.506 e. The van der Waals surface area contributed by atoms with Gasteiger partial charge in [0.25, 0.3) is 0 Å². The molecule has 0 unspecified atom stereocenters. The highest BCUT2D eigenvalue weighted by atomic mass is 16.3. The van der Waals surface area contributed by atoms with Crippen LogP contribution in [0, 0.1) is 22.2 Å². The van der Waals surface area contributed by atoms with Crippen molar-refractivity contribution >= 4 is 23.1 Å². The van der Waals surface area contributed by atoms with E-state index in [1.54, 1.807) is 37.3 Å². The van der Waals surface area contributed by atoms with E-state index in [4.69, 9.17) is 0 Å². The Morgan fingerprint density at radius 2 is 1.52 bits per heavy atom. The van der Waals surface area contributed by atoms with Crippen molar-refractivity contribution in [2.45, 2.75) is 67.7 Å². The Hall–Kier alpha value is -2.75. The summed E-state index contributed by atoms with van der Waals surface area (Å²) in [6.45, 7) is 13.5. The third-order valence-corrected chi connectivity index (χ3v) is 8.09. The van der Waals surface area contributed by atoms with Crippen LogP contribution in [0.2, 0.25) is 0 Å². The monoisotopic (exact) mass is 448 g/mol. The number of aliphatic hydroxyl groups is 1. The zero-order valence-electron chi connectivity index (χ0n) is 20.9. The van der Waals surface area contributed by atoms with Crippen LogP contribution in [0.15, 0.2) is 59.2 Å². The third kappa shape index (κ3) is 3.74. The van der Waals surface area contributed by atoms with Crippen molar-refractivity contribution < 1.29 is 19.5 Å². The molecule has 0 aliphatic heterocycles. The maximum absolute atomic E-state index is 14.1. The van der Waals surface area contributed by atoms with Crippen molar-refractivity contribution in [3.8, 4) is 0 Å². The molecule has 0 aromatic heterocycles. The van der Waals surface area contributed by atoms with Crippen LogP contribution in [-0.2, 0) is 14.4 Å². The van der Waals surface area contributed by atoms with Crippen LogP contribution in [0.5, 0.6) is 0 Å². The van der Waals surface area contributed by atoms with Gasteiger partial charge >= 0.3 is 0 Å². The minimum absolute atomic E-state index is 0.0334. The lowest BCUT2D eigenvalue weighted by atomic mass is 9.40. The molecular formula is C29H36O4. The second kappa shape index (κ2) is 8.55. The smallest absolute Gasteiger partial charge is 0.184 e. The Kier molecular flexibility index (Phi) is 6.45. The number of Topliss-reactive ketones (excluding diaryl/α,β-unsaturated/α-hetero) is 3. The minimum atomic E-state index is -1.41. The van der Waals surface area contributed by atoms with Gasteiger partial charge in [-0.2, -0.15) is 0 Å². The molecule has 176 valence electrons. The van der Waals surface area contributed by atoms with E-state index in [1.165, 1.54) is 0 Å². The molecule has 2 saturated carbocycles. The van der Waals surface area contributed by atoms with Gasteiger partial charge in [0, 0.05) is 5.56 Å². The number of fused-ring (bicyclic) bond motifs is 2. The third-order valence-electron chi connectivity index (χ3n) is 8.09. The maximum atomic E-state index is 14.1. The molecule has 1 N–H and O–H groups in total. The lowest BCUT2D eigenvalue weighted by Crippen LogP contribution is -2.68. The van der Waals surface area contributed by atoms with Gasteiger partial charge in [-0.25, -0.2) is 0 Å². The topological polar surface area (TPSA) is 71.4 Å². The molecule has 33 heavy (non-hydrogen) atoms. The Morgan fingerprint density at radius 1 is 0.939 bits per heavy atom. The van der Waals surface area contributed by atoms with Gasteiger partial charge in [-0.05, 0) is 65.2 Å². The molecule has 3 rings (SSSR count). The lowest BCUT2D eigenvalue weighted by molar-refractivity contribution is -0.174. The van der Waals surface area contributed by atoms with Crippen LogP contribution in [0.25, 0.3) is 5.76 Å². The van der Waals surface area contributed by atoms with Gasteiger partial charge in [0.2, 0.25) is 0 Å². The van der Waals surface area contributed by atoms with Gasteiger partial charge in [-0.1, -0.05) is 67.5 Å². The van der Waals surface area contributed by atoms with Gasteiger partial charge in [0.05, 0.1) is 10.8 Å². The predicted molar refractivity (Wildman–Crippen MR) is 132 cm³/mol. The molecule has 0 radical (unpaired) electrons. The summed E-state index contributed by atoms with van der Waals surface area (Å²) in [5.41, 5.74) is -1.10. The van der Waals surface area contributed by atoms with Gasteiger partial charge in [0.1, 0.15) is 11.3 Å². The predicted octanol–water partition coefficient (Wildman–Crippen LogP) is 6.43. The van der Waals surface area contributed by atoms with E-state index < -0.39 is 27.8 Å². The second-order valence-corrected chi connectivity index (χ2v) is 10.9. The highest BCUT2D eigenvalue weighted by Crippen LogP contribution is 2.63. The molecule has 3 atom stereocenters. The highest BCUT2D eigenvalue weighted by Gasteiger charge is 2.72. The average Bonchev–Trinajstić information content (AvgIpc) is 2.76. The summed E-state index contributed by atoms with van der Waals surface area (Å²) in [7, 11) is 0. The summed E-state index contributed by atoms with van der Waals surface area (Å²) in [6, 6.07) is 8.64. The zero-order chi connectivity index (χ0) is 24.8. The molecule has 0 saturated heterocycles. The van der Waals surface area contributed by atoms with Crippen LogP contribution in [0.3, 0.4) is 0 Å². The van der Waals surface area contributed by atoms with Crippen LogP contribution >= 0.6 is 0 Å². The highest BCUT2D eigenvalue weighted by molar-refractivity contribution is 6.41. The molecule has 0 heterocycles. The standard InChI is InChI=1S/C29H36O4/c1-18(2)13-14-21-17-29(16-15-19(3)4)25(32)22(23(30)20-11-9-8-10-12-20)24(31)28(7,26(29)33)27(21,5)6/h8-13,15,21,30H,14,16-17H2,1-7H3/b23-22-/t21-,28+,29-/m0/s1. The van der Waals surface area contributed by atoms with Crippen molar-refractivity contribution in [2.24, 2.45) is 22.2 Å². The molecule has 2 fully saturated rings. The van der Waals surface area contributed by atoms with E-state index in [0.29, 0.717) is 18.4 Å². The first-order chi connectivity index (χ1) is 15.3. The molecule has 1 aromatic rings. The number of hydrogen-bond donors (Lipinski definition) is 1. The second-order valence-electron chi connectivity index (χ2n) is 10.9. The van der Waals surface area contributed by atoms with Crippen LogP contribution in [0.4, 0.5) is 0 Å². The Balaban J connectivity index is 2.32. The van der Waals surface area contributed by atoms with Crippen LogP contribution < -0.4 is 0 Å². The van der Waals surface area contributed by atoms with Gasteiger partial charge < -0.3 is 5.11 Å². The fourth-order valence-corrected chi connectivity index (χ4v) is 5.49. The molecule has 2 aliphatic rings. The number of hydrogen-bond acceptors (Lipinski definition) is 4.